The molecule has 0 aliphatic carbocycles. The van der Waals surface area contributed by atoms with Gasteiger partial charge < -0.3 is 0 Å². The molecule has 0 amide bonds. The lowest BCUT2D eigenvalue weighted by atomic mass is 10.1. The molecule has 0 aliphatic rings. The van der Waals surface area contributed by atoms with Crippen LogP contribution in [0.15, 0.2) is 24.3 Å². The van der Waals surface area contributed by atoms with Crippen LogP contribution in [0.1, 0.15) is 43.1 Å². The Bertz CT molecular complexity index is 457. The van der Waals surface area contributed by atoms with E-state index in [9.17, 15) is 4.79 Å². The van der Waals surface area contributed by atoms with Gasteiger partial charge in [-0.3, -0.25) is 9.69 Å². The molecule has 0 N–H and O–H groups in total. The zero-order valence-corrected chi connectivity index (χ0v) is 12.7. The molecular weight excluding hydrogens is 248 g/mol. The van der Waals surface area contributed by atoms with Gasteiger partial charge in [-0.15, -0.1) is 0 Å². The molecule has 0 bridgehead atoms. The number of nitrogens with zero attached hydrogens (tertiary/aromatic N) is 2. The predicted octanol–water partition coefficient (Wildman–Crippen LogP) is 3.30. The number of carbonyl (C=O) groups excluding carboxylic acids is 1. The number of nitriles is 1. The Labute approximate surface area is 122 Å². The number of benzene rings is 1. The molecule has 0 fully saturated rings. The first kappa shape index (κ1) is 16.4. The summed E-state index contributed by atoms with van der Waals surface area (Å²) in [7, 11) is 0. The van der Waals surface area contributed by atoms with Gasteiger partial charge >= 0.3 is 0 Å². The third kappa shape index (κ3) is 5.54. The molecule has 0 aliphatic heterocycles. The van der Waals surface area contributed by atoms with E-state index in [1.165, 1.54) is 5.56 Å². The molecule has 0 aromatic heterocycles. The molecule has 1 aromatic rings. The van der Waals surface area contributed by atoms with Crippen molar-refractivity contribution in [3.8, 4) is 6.07 Å². The summed E-state index contributed by atoms with van der Waals surface area (Å²) in [5.41, 5.74) is 2.00. The van der Waals surface area contributed by atoms with Crippen LogP contribution in [0.5, 0.6) is 0 Å². The number of Topliss-reactive ketones (excluding diaryl/α,β-unsaturated/α-hetero) is 1. The van der Waals surface area contributed by atoms with Crippen molar-refractivity contribution in [1.82, 2.24) is 4.90 Å². The van der Waals surface area contributed by atoms with Gasteiger partial charge in [0.05, 0.1) is 12.6 Å². The topological polar surface area (TPSA) is 44.1 Å². The van der Waals surface area contributed by atoms with Crippen LogP contribution in [0.4, 0.5) is 0 Å². The first-order chi connectivity index (χ1) is 9.56. The summed E-state index contributed by atoms with van der Waals surface area (Å²) >= 11 is 0. The number of rotatable bonds is 8. The summed E-state index contributed by atoms with van der Waals surface area (Å²) in [6.07, 6.45) is 1.45. The number of hydrogen-bond donors (Lipinski definition) is 0. The molecule has 3 heteroatoms. The van der Waals surface area contributed by atoms with Gasteiger partial charge in [0.2, 0.25) is 0 Å². The molecule has 0 radical (unpaired) electrons. The Balaban J connectivity index is 2.65. The molecule has 0 unspecified atom stereocenters. The standard InChI is InChI=1S/C17H24N2O/c1-4-15-6-8-16(9-7-15)17(20)13-19(11-5-10-18)12-14(2)3/h6-9,14H,4-5,11-13H2,1-3H3. The third-order valence-electron chi connectivity index (χ3n) is 3.21. The lowest BCUT2D eigenvalue weighted by Gasteiger charge is -2.22. The minimum atomic E-state index is 0.131. The van der Waals surface area contributed by atoms with E-state index in [0.29, 0.717) is 25.4 Å². The van der Waals surface area contributed by atoms with Gasteiger partial charge in [-0.2, -0.15) is 5.26 Å². The van der Waals surface area contributed by atoms with Crippen molar-refractivity contribution in [2.75, 3.05) is 19.6 Å². The number of carbonyl (C=O) groups is 1. The summed E-state index contributed by atoms with van der Waals surface area (Å²) < 4.78 is 0. The molecule has 1 rings (SSSR count). The molecule has 3 nitrogen and oxygen atoms in total. The molecular formula is C17H24N2O. The van der Waals surface area contributed by atoms with Crippen molar-refractivity contribution in [2.45, 2.75) is 33.6 Å². The Kier molecular flexibility index (Phi) is 6.97. The van der Waals surface area contributed by atoms with Crippen LogP contribution in [-0.2, 0) is 6.42 Å². The molecule has 1 aromatic carbocycles. The van der Waals surface area contributed by atoms with E-state index in [4.69, 9.17) is 5.26 Å². The van der Waals surface area contributed by atoms with E-state index in [-0.39, 0.29) is 5.78 Å². The van der Waals surface area contributed by atoms with Crippen LogP contribution in [0.3, 0.4) is 0 Å². The van der Waals surface area contributed by atoms with Gasteiger partial charge in [-0.05, 0) is 17.9 Å². The van der Waals surface area contributed by atoms with Crippen molar-refractivity contribution in [1.29, 1.82) is 5.26 Å². The average Bonchev–Trinajstić information content (AvgIpc) is 2.44. The summed E-state index contributed by atoms with van der Waals surface area (Å²) in [4.78, 5) is 14.3. The molecule has 0 spiro atoms. The fourth-order valence-electron chi connectivity index (χ4n) is 2.18. The van der Waals surface area contributed by atoms with E-state index in [2.05, 4.69) is 31.7 Å². The second kappa shape index (κ2) is 8.50. The van der Waals surface area contributed by atoms with E-state index in [1.807, 2.05) is 24.3 Å². The molecule has 0 atom stereocenters. The van der Waals surface area contributed by atoms with Gasteiger partial charge in [0.15, 0.2) is 5.78 Å². The minimum absolute atomic E-state index is 0.131. The van der Waals surface area contributed by atoms with Crippen molar-refractivity contribution in [3.05, 3.63) is 35.4 Å². The van der Waals surface area contributed by atoms with Crippen molar-refractivity contribution >= 4 is 5.78 Å². The average molecular weight is 272 g/mol. The molecule has 0 saturated carbocycles. The van der Waals surface area contributed by atoms with Crippen molar-refractivity contribution in [2.24, 2.45) is 5.92 Å². The second-order valence-corrected chi connectivity index (χ2v) is 5.51. The molecule has 0 heterocycles. The van der Waals surface area contributed by atoms with Gasteiger partial charge in [-0.1, -0.05) is 45.0 Å². The quantitative estimate of drug-likeness (QED) is 0.682. The third-order valence-corrected chi connectivity index (χ3v) is 3.21. The Morgan fingerprint density at radius 3 is 2.45 bits per heavy atom. The fourth-order valence-corrected chi connectivity index (χ4v) is 2.18. The van der Waals surface area contributed by atoms with Crippen molar-refractivity contribution < 1.29 is 4.79 Å². The summed E-state index contributed by atoms with van der Waals surface area (Å²) in [5.74, 6) is 0.621. The SMILES string of the molecule is CCc1ccc(C(=O)CN(CCC#N)CC(C)C)cc1. The largest absolute Gasteiger partial charge is 0.295 e. The highest BCUT2D eigenvalue weighted by Gasteiger charge is 2.13. The van der Waals surface area contributed by atoms with E-state index in [0.717, 1.165) is 18.5 Å². The van der Waals surface area contributed by atoms with E-state index < -0.39 is 0 Å². The normalized spacial score (nSPS) is 10.8. The Morgan fingerprint density at radius 1 is 1.30 bits per heavy atom. The lowest BCUT2D eigenvalue weighted by molar-refractivity contribution is 0.0924. The van der Waals surface area contributed by atoms with Crippen LogP contribution in [-0.4, -0.2) is 30.3 Å². The highest BCUT2D eigenvalue weighted by atomic mass is 16.1. The first-order valence-electron chi connectivity index (χ1n) is 7.28. The second-order valence-electron chi connectivity index (χ2n) is 5.51. The molecule has 108 valence electrons. The maximum atomic E-state index is 12.3. The van der Waals surface area contributed by atoms with Crippen LogP contribution >= 0.6 is 0 Å². The zero-order chi connectivity index (χ0) is 15.0. The van der Waals surface area contributed by atoms with Crippen LogP contribution in [0.25, 0.3) is 0 Å². The molecule has 20 heavy (non-hydrogen) atoms. The van der Waals surface area contributed by atoms with Crippen LogP contribution < -0.4 is 0 Å². The number of ketones is 1. The lowest BCUT2D eigenvalue weighted by Crippen LogP contribution is -2.33. The maximum Gasteiger partial charge on any atom is 0.176 e. The van der Waals surface area contributed by atoms with Gasteiger partial charge in [0.1, 0.15) is 0 Å². The van der Waals surface area contributed by atoms with Gasteiger partial charge in [0.25, 0.3) is 0 Å². The summed E-state index contributed by atoms with van der Waals surface area (Å²) in [6.45, 7) is 8.25. The number of aryl methyl sites for hydroxylation is 1. The minimum Gasteiger partial charge on any atom is -0.295 e. The highest BCUT2D eigenvalue weighted by molar-refractivity contribution is 5.97. The van der Waals surface area contributed by atoms with E-state index >= 15 is 0 Å². The zero-order valence-electron chi connectivity index (χ0n) is 12.7. The Hall–Kier alpha value is -1.66. The Morgan fingerprint density at radius 2 is 1.95 bits per heavy atom. The summed E-state index contributed by atoms with van der Waals surface area (Å²) in [5, 5.41) is 8.70. The number of hydrogen-bond acceptors (Lipinski definition) is 3. The highest BCUT2D eigenvalue weighted by Crippen LogP contribution is 2.08. The molecule has 0 saturated heterocycles. The fraction of sp³-hybridized carbons (Fsp3) is 0.529. The van der Waals surface area contributed by atoms with Gasteiger partial charge in [-0.25, -0.2) is 0 Å². The van der Waals surface area contributed by atoms with Crippen molar-refractivity contribution in [3.63, 3.8) is 0 Å². The predicted molar refractivity (Wildman–Crippen MR) is 81.7 cm³/mol. The smallest absolute Gasteiger partial charge is 0.176 e. The first-order valence-corrected chi connectivity index (χ1v) is 7.28. The van der Waals surface area contributed by atoms with Crippen LogP contribution in [0, 0.1) is 17.2 Å². The monoisotopic (exact) mass is 272 g/mol. The van der Waals surface area contributed by atoms with Gasteiger partial charge in [0, 0.05) is 25.1 Å². The van der Waals surface area contributed by atoms with Crippen LogP contribution in [0.2, 0.25) is 0 Å². The summed E-state index contributed by atoms with van der Waals surface area (Å²) in [6, 6.07) is 9.97. The maximum absolute atomic E-state index is 12.3. The van der Waals surface area contributed by atoms with E-state index in [1.54, 1.807) is 0 Å².